The molecule has 0 aliphatic carbocycles. The number of amides is 1. The van der Waals surface area contributed by atoms with Crippen molar-refractivity contribution in [1.29, 1.82) is 0 Å². The maximum atomic E-state index is 13.0. The number of nitrogens with one attached hydrogen (secondary N) is 2. The molecule has 252 valence electrons. The summed E-state index contributed by atoms with van der Waals surface area (Å²) in [5.74, 6) is 0.717. The Bertz CT molecular complexity index is 689. The number of carbonyl (C=O) groups excluding carboxylic acids is 1. The zero-order valence-corrected chi connectivity index (χ0v) is 29.5. The van der Waals surface area contributed by atoms with E-state index < -0.39 is 0 Å². The van der Waals surface area contributed by atoms with Crippen molar-refractivity contribution in [3.8, 4) is 0 Å². The minimum atomic E-state index is -0.254. The van der Waals surface area contributed by atoms with Crippen LogP contribution in [0, 0.1) is 11.8 Å². The predicted octanol–water partition coefficient (Wildman–Crippen LogP) is 10.2. The van der Waals surface area contributed by atoms with Crippen molar-refractivity contribution >= 4 is 6.09 Å². The van der Waals surface area contributed by atoms with Crippen LogP contribution in [0.1, 0.15) is 143 Å². The number of likely N-dealkylation sites (N-methyl/N-ethyl adjacent to an activating group) is 1. The number of nitrogens with zero attached hydrogens (tertiary/aromatic N) is 1. The van der Waals surface area contributed by atoms with E-state index in [1.165, 1.54) is 64.2 Å². The van der Waals surface area contributed by atoms with Crippen LogP contribution in [0.3, 0.4) is 0 Å². The van der Waals surface area contributed by atoms with Crippen molar-refractivity contribution in [2.45, 2.75) is 149 Å². The molecule has 0 aliphatic rings. The predicted molar refractivity (Wildman–Crippen MR) is 190 cm³/mol. The van der Waals surface area contributed by atoms with Gasteiger partial charge in [-0.3, -0.25) is 0 Å². The van der Waals surface area contributed by atoms with Gasteiger partial charge in [-0.25, -0.2) is 4.79 Å². The molecule has 0 aromatic rings. The molecular formula is C38H73N3O2. The van der Waals surface area contributed by atoms with Crippen LogP contribution < -0.4 is 10.6 Å². The first kappa shape index (κ1) is 41.4. The van der Waals surface area contributed by atoms with Crippen molar-refractivity contribution in [2.75, 3.05) is 40.8 Å². The molecule has 43 heavy (non-hydrogen) atoms. The standard InChI is InChI=1S/C38H73N3O2/c1-7-9-11-13-15-16-18-22-26-30-36(31-27-23-19-20-24-28-32-39-4)37(43-38(42)40-33-34-41(5)6)35(3)29-25-21-17-14-12-10-8-2/h16-21,35-37,39H,7-15,22-34H2,1-6H3,(H,40,42)/b18-16-,20-19-,21-17-. The Morgan fingerprint density at radius 1 is 0.674 bits per heavy atom. The summed E-state index contributed by atoms with van der Waals surface area (Å²) in [7, 11) is 6.07. The summed E-state index contributed by atoms with van der Waals surface area (Å²) in [6.07, 6.45) is 36.5. The second-order valence-electron chi connectivity index (χ2n) is 12.8. The van der Waals surface area contributed by atoms with E-state index in [4.69, 9.17) is 4.74 Å². The molecule has 2 N–H and O–H groups in total. The van der Waals surface area contributed by atoms with E-state index in [2.05, 4.69) is 72.8 Å². The number of carbonyl (C=O) groups is 1. The van der Waals surface area contributed by atoms with E-state index in [-0.39, 0.29) is 12.2 Å². The fourth-order valence-corrected chi connectivity index (χ4v) is 5.52. The largest absolute Gasteiger partial charge is 0.446 e. The van der Waals surface area contributed by atoms with E-state index >= 15 is 0 Å². The number of allylic oxidation sites excluding steroid dienone is 6. The minimum Gasteiger partial charge on any atom is -0.446 e. The molecule has 0 spiro atoms. The van der Waals surface area contributed by atoms with Gasteiger partial charge in [0, 0.05) is 13.1 Å². The molecule has 3 unspecified atom stereocenters. The molecule has 0 heterocycles. The third-order valence-electron chi connectivity index (χ3n) is 8.27. The fourth-order valence-electron chi connectivity index (χ4n) is 5.52. The lowest BCUT2D eigenvalue weighted by atomic mass is 9.82. The van der Waals surface area contributed by atoms with Gasteiger partial charge in [0.1, 0.15) is 6.10 Å². The Balaban J connectivity index is 5.30. The van der Waals surface area contributed by atoms with Gasteiger partial charge in [-0.2, -0.15) is 0 Å². The van der Waals surface area contributed by atoms with Gasteiger partial charge in [0.05, 0.1) is 0 Å². The topological polar surface area (TPSA) is 53.6 Å². The maximum absolute atomic E-state index is 13.0. The van der Waals surface area contributed by atoms with E-state index in [1.54, 1.807) is 0 Å². The van der Waals surface area contributed by atoms with Crippen LogP contribution in [0.4, 0.5) is 4.79 Å². The molecule has 0 radical (unpaired) electrons. The summed E-state index contributed by atoms with van der Waals surface area (Å²) in [6.45, 7) is 9.32. The first-order valence-corrected chi connectivity index (χ1v) is 18.1. The summed E-state index contributed by atoms with van der Waals surface area (Å²) in [6, 6.07) is 0. The Morgan fingerprint density at radius 3 is 1.74 bits per heavy atom. The molecule has 0 bridgehead atoms. The molecule has 0 aliphatic heterocycles. The van der Waals surface area contributed by atoms with Crippen molar-refractivity contribution in [1.82, 2.24) is 15.5 Å². The fraction of sp³-hybridized carbons (Fsp3) is 0.816. The first-order chi connectivity index (χ1) is 21.0. The van der Waals surface area contributed by atoms with Crippen LogP contribution in [-0.4, -0.2) is 57.9 Å². The number of ether oxygens (including phenoxy) is 1. The zero-order chi connectivity index (χ0) is 31.8. The number of alkyl carbamates (subject to hydrolysis) is 1. The summed E-state index contributed by atoms with van der Waals surface area (Å²) in [5.41, 5.74) is 0. The summed E-state index contributed by atoms with van der Waals surface area (Å²) >= 11 is 0. The minimum absolute atomic E-state index is 0.0505. The average molecular weight is 604 g/mol. The van der Waals surface area contributed by atoms with Crippen LogP contribution in [-0.2, 0) is 4.74 Å². The molecule has 5 nitrogen and oxygen atoms in total. The van der Waals surface area contributed by atoms with Gasteiger partial charge >= 0.3 is 6.09 Å². The highest BCUT2D eigenvalue weighted by molar-refractivity contribution is 5.67. The number of rotatable bonds is 30. The SMILES string of the molecule is CCCCC/C=C\CCC(C)C(OC(=O)NCCN(C)C)C(CCC/C=C\CCCCCC)CCC/C=C\CCCNC. The van der Waals surface area contributed by atoms with Crippen LogP contribution in [0.5, 0.6) is 0 Å². The number of unbranched alkanes of at least 4 members (excludes halogenated alkanes) is 10. The van der Waals surface area contributed by atoms with Gasteiger partial charge in [-0.05, 0) is 129 Å². The normalized spacial score (nSPS) is 14.3. The smallest absolute Gasteiger partial charge is 0.407 e. The van der Waals surface area contributed by atoms with Gasteiger partial charge < -0.3 is 20.3 Å². The Labute approximate surface area is 268 Å². The highest BCUT2D eigenvalue weighted by Gasteiger charge is 2.29. The summed E-state index contributed by atoms with van der Waals surface area (Å²) in [4.78, 5) is 15.0. The van der Waals surface area contributed by atoms with E-state index in [0.29, 0.717) is 18.4 Å². The molecule has 0 saturated heterocycles. The molecule has 0 saturated carbocycles. The van der Waals surface area contributed by atoms with Crippen molar-refractivity contribution in [3.05, 3.63) is 36.5 Å². The third-order valence-corrected chi connectivity index (χ3v) is 8.27. The molecule has 0 aromatic heterocycles. The number of hydrogen-bond acceptors (Lipinski definition) is 4. The van der Waals surface area contributed by atoms with Crippen molar-refractivity contribution < 1.29 is 9.53 Å². The first-order valence-electron chi connectivity index (χ1n) is 18.1. The van der Waals surface area contributed by atoms with Crippen molar-refractivity contribution in [3.63, 3.8) is 0 Å². The highest BCUT2D eigenvalue weighted by Crippen LogP contribution is 2.30. The molecular weight excluding hydrogens is 530 g/mol. The Kier molecular flexibility index (Phi) is 30.6. The lowest BCUT2D eigenvalue weighted by Gasteiger charge is -2.32. The second-order valence-corrected chi connectivity index (χ2v) is 12.8. The zero-order valence-electron chi connectivity index (χ0n) is 29.5. The molecule has 1 amide bonds. The molecule has 0 fully saturated rings. The maximum Gasteiger partial charge on any atom is 0.407 e. The van der Waals surface area contributed by atoms with E-state index in [9.17, 15) is 4.79 Å². The third kappa shape index (κ3) is 27.7. The van der Waals surface area contributed by atoms with E-state index in [1.807, 2.05) is 21.1 Å². The van der Waals surface area contributed by atoms with Crippen LogP contribution in [0.25, 0.3) is 0 Å². The second kappa shape index (κ2) is 31.8. The van der Waals surface area contributed by atoms with E-state index in [0.717, 1.165) is 70.9 Å². The quantitative estimate of drug-likeness (QED) is 0.0633. The molecule has 0 rings (SSSR count). The number of hydrogen-bond donors (Lipinski definition) is 2. The van der Waals surface area contributed by atoms with Gasteiger partial charge in [0.2, 0.25) is 0 Å². The van der Waals surface area contributed by atoms with Gasteiger partial charge in [-0.15, -0.1) is 0 Å². The van der Waals surface area contributed by atoms with Crippen molar-refractivity contribution in [2.24, 2.45) is 11.8 Å². The Morgan fingerprint density at radius 2 is 1.19 bits per heavy atom. The molecule has 0 aromatic carbocycles. The lowest BCUT2D eigenvalue weighted by Crippen LogP contribution is -2.39. The Hall–Kier alpha value is -1.59. The molecule has 5 heteroatoms. The van der Waals surface area contributed by atoms with Crippen LogP contribution >= 0.6 is 0 Å². The summed E-state index contributed by atoms with van der Waals surface area (Å²) in [5, 5.41) is 6.23. The molecule has 3 atom stereocenters. The monoisotopic (exact) mass is 604 g/mol. The lowest BCUT2D eigenvalue weighted by molar-refractivity contribution is 0.0180. The van der Waals surface area contributed by atoms with Gasteiger partial charge in [0.25, 0.3) is 0 Å². The van der Waals surface area contributed by atoms with Crippen LogP contribution in [0.2, 0.25) is 0 Å². The van der Waals surface area contributed by atoms with Gasteiger partial charge in [0.15, 0.2) is 0 Å². The summed E-state index contributed by atoms with van der Waals surface area (Å²) < 4.78 is 6.29. The van der Waals surface area contributed by atoms with Gasteiger partial charge in [-0.1, -0.05) is 89.3 Å². The highest BCUT2D eigenvalue weighted by atomic mass is 16.6. The van der Waals surface area contributed by atoms with Crippen LogP contribution in [0.15, 0.2) is 36.5 Å². The average Bonchev–Trinajstić information content (AvgIpc) is 2.98.